The van der Waals surface area contributed by atoms with Gasteiger partial charge in [-0.2, -0.15) is 4.57 Å². The lowest BCUT2D eigenvalue weighted by Crippen LogP contribution is -2.41. The molecule has 0 aromatic carbocycles. The van der Waals surface area contributed by atoms with E-state index in [2.05, 4.69) is 0 Å². The minimum absolute atomic E-state index is 0.143. The first-order valence-electron chi connectivity index (χ1n) is 5.13. The summed E-state index contributed by atoms with van der Waals surface area (Å²) in [5, 5.41) is 0. The second-order valence-electron chi connectivity index (χ2n) is 4.80. The maximum Gasteiger partial charge on any atom is 0.249 e. The lowest BCUT2D eigenvalue weighted by molar-refractivity contribution is -0.684. The molecule has 1 heterocycles. The number of nitrogens with two attached hydrogens (primary N) is 1. The molecule has 1 aromatic rings. The van der Waals surface area contributed by atoms with E-state index in [1.807, 2.05) is 20.8 Å². The lowest BCUT2D eigenvalue weighted by atomic mass is 9.91. The molecule has 1 amide bonds. The molecule has 0 saturated carbocycles. The fourth-order valence-corrected chi connectivity index (χ4v) is 1.13. The van der Waals surface area contributed by atoms with Crippen LogP contribution >= 0.6 is 0 Å². The Morgan fingerprint density at radius 3 is 2.12 bits per heavy atom. The first kappa shape index (κ1) is 12.4. The van der Waals surface area contributed by atoms with Crippen LogP contribution in [-0.4, -0.2) is 11.7 Å². The molecule has 0 unspecified atom stereocenters. The third-order valence-electron chi connectivity index (χ3n) is 2.34. The minimum atomic E-state index is -0.464. The van der Waals surface area contributed by atoms with Crippen LogP contribution in [0.5, 0.6) is 0 Å². The smallest absolute Gasteiger partial charge is 0.249 e. The number of rotatable bonds is 3. The zero-order valence-corrected chi connectivity index (χ0v) is 9.86. The van der Waals surface area contributed by atoms with Gasteiger partial charge in [-0.1, -0.05) is 20.8 Å². The molecule has 1 rings (SSSR count). The van der Waals surface area contributed by atoms with Crippen molar-refractivity contribution in [1.29, 1.82) is 0 Å². The van der Waals surface area contributed by atoms with Crippen LogP contribution in [-0.2, 0) is 11.3 Å². The standard InChI is InChI=1S/C12H16N2O2/c1-12(2,3)10(15)8-14-6-4-9(5-7-14)11(13)16/h4-7H,8H2,1-3H3,(H-,13,16)/p+1. The highest BCUT2D eigenvalue weighted by molar-refractivity contribution is 5.92. The molecule has 2 N–H and O–H groups in total. The third kappa shape index (κ3) is 3.15. The Kier molecular flexibility index (Phi) is 3.42. The summed E-state index contributed by atoms with van der Waals surface area (Å²) >= 11 is 0. The predicted molar refractivity (Wildman–Crippen MR) is 59.6 cm³/mol. The van der Waals surface area contributed by atoms with Crippen molar-refractivity contribution in [2.75, 3.05) is 0 Å². The number of pyridine rings is 1. The van der Waals surface area contributed by atoms with Gasteiger partial charge in [0.2, 0.25) is 18.2 Å². The van der Waals surface area contributed by atoms with Crippen molar-refractivity contribution in [2.45, 2.75) is 27.3 Å². The average molecular weight is 221 g/mol. The third-order valence-corrected chi connectivity index (χ3v) is 2.34. The summed E-state index contributed by atoms with van der Waals surface area (Å²) in [6, 6.07) is 3.22. The van der Waals surface area contributed by atoms with Crippen LogP contribution in [0.25, 0.3) is 0 Å². The van der Waals surface area contributed by atoms with Gasteiger partial charge < -0.3 is 5.73 Å². The van der Waals surface area contributed by atoms with Crippen molar-refractivity contribution in [1.82, 2.24) is 0 Å². The van der Waals surface area contributed by atoms with Gasteiger partial charge in [0.15, 0.2) is 12.4 Å². The Hall–Kier alpha value is -1.71. The number of nitrogens with zero attached hydrogens (tertiary/aromatic N) is 1. The van der Waals surface area contributed by atoms with E-state index in [9.17, 15) is 9.59 Å². The van der Waals surface area contributed by atoms with Gasteiger partial charge in [-0.15, -0.1) is 0 Å². The van der Waals surface area contributed by atoms with E-state index in [4.69, 9.17) is 5.73 Å². The number of hydrogen-bond donors (Lipinski definition) is 1. The summed E-state index contributed by atoms with van der Waals surface area (Å²) in [7, 11) is 0. The van der Waals surface area contributed by atoms with E-state index in [0.29, 0.717) is 12.1 Å². The molecule has 1 aromatic heterocycles. The first-order valence-corrected chi connectivity index (χ1v) is 5.13. The van der Waals surface area contributed by atoms with Crippen LogP contribution in [0.3, 0.4) is 0 Å². The number of aromatic nitrogens is 1. The van der Waals surface area contributed by atoms with Gasteiger partial charge in [-0.05, 0) is 0 Å². The molecule has 0 radical (unpaired) electrons. The zero-order chi connectivity index (χ0) is 12.3. The van der Waals surface area contributed by atoms with E-state index in [1.165, 1.54) is 0 Å². The van der Waals surface area contributed by atoms with Gasteiger partial charge in [0.05, 0.1) is 5.56 Å². The highest BCUT2D eigenvalue weighted by atomic mass is 16.1. The zero-order valence-electron chi connectivity index (χ0n) is 9.86. The fraction of sp³-hybridized carbons (Fsp3) is 0.417. The van der Waals surface area contributed by atoms with Gasteiger partial charge in [0.25, 0.3) is 0 Å². The molecule has 4 nitrogen and oxygen atoms in total. The number of ketones is 1. The SMILES string of the molecule is CC(C)(C)C(=O)C[n+]1ccc(C(N)=O)cc1. The van der Waals surface area contributed by atoms with Crippen LogP contribution in [0.2, 0.25) is 0 Å². The minimum Gasteiger partial charge on any atom is -0.366 e. The number of primary amides is 1. The Balaban J connectivity index is 2.77. The molecule has 0 fully saturated rings. The number of Topliss-reactive ketones (excluding diaryl/α,β-unsaturated/α-hetero) is 1. The van der Waals surface area contributed by atoms with E-state index in [0.717, 1.165) is 0 Å². The van der Waals surface area contributed by atoms with E-state index < -0.39 is 5.91 Å². The Morgan fingerprint density at radius 2 is 1.75 bits per heavy atom. The molecule has 0 saturated heterocycles. The summed E-state index contributed by atoms with van der Waals surface area (Å²) in [5.41, 5.74) is 5.21. The van der Waals surface area contributed by atoms with Crippen LogP contribution in [0.1, 0.15) is 31.1 Å². The summed E-state index contributed by atoms with van der Waals surface area (Å²) < 4.78 is 1.74. The van der Waals surface area contributed by atoms with Crippen LogP contribution in [0.15, 0.2) is 24.5 Å². The van der Waals surface area contributed by atoms with E-state index in [1.54, 1.807) is 29.1 Å². The summed E-state index contributed by atoms with van der Waals surface area (Å²) in [6.45, 7) is 5.96. The number of carbonyl (C=O) groups excluding carboxylic acids is 2. The molecule has 0 atom stereocenters. The maximum absolute atomic E-state index is 11.7. The fourth-order valence-electron chi connectivity index (χ4n) is 1.13. The van der Waals surface area contributed by atoms with Gasteiger partial charge in [0.1, 0.15) is 0 Å². The lowest BCUT2D eigenvalue weighted by Gasteiger charge is -2.13. The molecule has 4 heteroatoms. The summed E-state index contributed by atoms with van der Waals surface area (Å²) in [4.78, 5) is 22.6. The molecule has 16 heavy (non-hydrogen) atoms. The number of hydrogen-bond acceptors (Lipinski definition) is 2. The number of amides is 1. The summed E-state index contributed by atoms with van der Waals surface area (Å²) in [5.74, 6) is -0.321. The van der Waals surface area contributed by atoms with Gasteiger partial charge in [-0.25, -0.2) is 0 Å². The largest absolute Gasteiger partial charge is 0.366 e. The van der Waals surface area contributed by atoms with Crippen LogP contribution in [0, 0.1) is 5.41 Å². The highest BCUT2D eigenvalue weighted by Gasteiger charge is 2.24. The maximum atomic E-state index is 11.7. The van der Waals surface area contributed by atoms with E-state index in [-0.39, 0.29) is 11.2 Å². The molecular formula is C12H17N2O2+. The van der Waals surface area contributed by atoms with Crippen molar-refractivity contribution < 1.29 is 14.2 Å². The van der Waals surface area contributed by atoms with E-state index >= 15 is 0 Å². The van der Waals surface area contributed by atoms with Crippen molar-refractivity contribution >= 4 is 11.7 Å². The molecule has 0 aliphatic heterocycles. The van der Waals surface area contributed by atoms with Crippen LogP contribution in [0.4, 0.5) is 0 Å². The Bertz CT molecular complexity index is 402. The second kappa shape index (κ2) is 4.43. The van der Waals surface area contributed by atoms with Crippen molar-refractivity contribution in [3.05, 3.63) is 30.1 Å². The van der Waals surface area contributed by atoms with Crippen molar-refractivity contribution in [3.63, 3.8) is 0 Å². The molecule has 0 bridgehead atoms. The van der Waals surface area contributed by atoms with Crippen molar-refractivity contribution in [2.24, 2.45) is 11.1 Å². The second-order valence-corrected chi connectivity index (χ2v) is 4.80. The monoisotopic (exact) mass is 221 g/mol. The highest BCUT2D eigenvalue weighted by Crippen LogP contribution is 2.14. The first-order chi connectivity index (χ1) is 7.30. The van der Waals surface area contributed by atoms with Crippen molar-refractivity contribution in [3.8, 4) is 0 Å². The molecule has 0 aliphatic carbocycles. The van der Waals surface area contributed by atoms with Gasteiger partial charge >= 0.3 is 0 Å². The topological polar surface area (TPSA) is 64.0 Å². The van der Waals surface area contributed by atoms with Gasteiger partial charge in [0, 0.05) is 17.5 Å². The molecule has 86 valence electrons. The molecule has 0 spiro atoms. The Morgan fingerprint density at radius 1 is 1.25 bits per heavy atom. The average Bonchev–Trinajstić information content (AvgIpc) is 2.17. The predicted octanol–water partition coefficient (Wildman–Crippen LogP) is 0.688. The number of carbonyl (C=O) groups is 2. The molecule has 0 aliphatic rings. The van der Waals surface area contributed by atoms with Crippen LogP contribution < -0.4 is 10.3 Å². The molecular weight excluding hydrogens is 204 g/mol. The van der Waals surface area contributed by atoms with Gasteiger partial charge in [-0.3, -0.25) is 9.59 Å². The normalized spacial score (nSPS) is 11.2. The summed E-state index contributed by atoms with van der Waals surface area (Å²) in [6.07, 6.45) is 3.37. The Labute approximate surface area is 95.1 Å². The quantitative estimate of drug-likeness (QED) is 0.763.